The zero-order valence-electron chi connectivity index (χ0n) is 8.84. The third-order valence-electron chi connectivity index (χ3n) is 2.10. The van der Waals surface area contributed by atoms with Crippen LogP contribution >= 0.6 is 0 Å². The summed E-state index contributed by atoms with van der Waals surface area (Å²) < 4.78 is 5.03. The average Bonchev–Trinajstić information content (AvgIpc) is 2.23. The first-order valence-corrected chi connectivity index (χ1v) is 4.87. The molecule has 0 aromatic carbocycles. The average molecular weight is 246 g/mol. The minimum Gasteiger partial charge on any atom is -0.390 e. The summed E-state index contributed by atoms with van der Waals surface area (Å²) in [5.41, 5.74) is 0. The molecule has 0 spiro atoms. The molecule has 1 rings (SSSR count). The van der Waals surface area contributed by atoms with E-state index in [1.54, 1.807) is 0 Å². The Labute approximate surface area is 96.6 Å². The van der Waals surface area contributed by atoms with E-state index in [0.717, 1.165) is 0 Å². The molecule has 1 saturated heterocycles. The number of guanidine groups is 1. The second-order valence-corrected chi connectivity index (χ2v) is 3.43. The molecule has 0 saturated carbocycles. The van der Waals surface area contributed by atoms with Crippen molar-refractivity contribution < 1.29 is 24.5 Å². The zero-order chi connectivity index (χ0) is 12.8. The van der Waals surface area contributed by atoms with E-state index in [1.807, 2.05) is 10.6 Å². The normalized spacial score (nSPS) is 28.0. The highest BCUT2D eigenvalue weighted by molar-refractivity contribution is 5.98. The quantitative estimate of drug-likeness (QED) is 0.180. The molecule has 17 heavy (non-hydrogen) atoms. The van der Waals surface area contributed by atoms with Crippen molar-refractivity contribution in [1.29, 1.82) is 5.41 Å². The Morgan fingerprint density at radius 3 is 2.71 bits per heavy atom. The number of hydrogen-bond donors (Lipinski definition) is 6. The molecule has 3 amide bonds. The van der Waals surface area contributed by atoms with Crippen molar-refractivity contribution in [3.63, 3.8) is 0 Å². The molecular weight excluding hydrogens is 232 g/mol. The smallest absolute Gasteiger partial charge is 0.323 e. The number of carbonyl (C=O) groups is 2. The van der Waals surface area contributed by atoms with Crippen molar-refractivity contribution in [2.75, 3.05) is 6.61 Å². The van der Waals surface area contributed by atoms with Crippen LogP contribution in [0.2, 0.25) is 0 Å². The maximum atomic E-state index is 11.2. The predicted molar refractivity (Wildman–Crippen MR) is 55.0 cm³/mol. The van der Waals surface area contributed by atoms with Gasteiger partial charge in [0, 0.05) is 6.42 Å². The minimum atomic E-state index is -0.971. The van der Waals surface area contributed by atoms with Gasteiger partial charge in [-0.15, -0.1) is 0 Å². The van der Waals surface area contributed by atoms with Crippen LogP contribution in [0.15, 0.2) is 0 Å². The molecular formula is C8H14N4O5. The van der Waals surface area contributed by atoms with Crippen LogP contribution in [0.3, 0.4) is 0 Å². The van der Waals surface area contributed by atoms with Crippen LogP contribution in [0.1, 0.15) is 6.42 Å². The van der Waals surface area contributed by atoms with Crippen LogP contribution in [0, 0.1) is 5.41 Å². The summed E-state index contributed by atoms with van der Waals surface area (Å²) in [5, 5.41) is 31.8. The molecule has 0 aromatic rings. The Bertz CT molecular complexity index is 310. The highest BCUT2D eigenvalue weighted by atomic mass is 16.5. The van der Waals surface area contributed by atoms with Gasteiger partial charge in [0.25, 0.3) is 0 Å². The van der Waals surface area contributed by atoms with Crippen LogP contribution in [0.25, 0.3) is 0 Å². The molecule has 0 radical (unpaired) electrons. The summed E-state index contributed by atoms with van der Waals surface area (Å²) in [6, 6.07) is -0.752. The molecule has 1 heterocycles. The lowest BCUT2D eigenvalue weighted by Crippen LogP contribution is -2.53. The van der Waals surface area contributed by atoms with E-state index in [1.165, 1.54) is 0 Å². The van der Waals surface area contributed by atoms with Crippen LogP contribution in [-0.4, -0.2) is 53.7 Å². The van der Waals surface area contributed by atoms with E-state index in [4.69, 9.17) is 15.3 Å². The molecule has 9 nitrogen and oxygen atoms in total. The summed E-state index contributed by atoms with van der Waals surface area (Å²) in [6.45, 7) is -0.0872. The first kappa shape index (κ1) is 13.4. The van der Waals surface area contributed by atoms with E-state index >= 15 is 0 Å². The molecule has 1 aliphatic heterocycles. The molecule has 0 unspecified atom stereocenters. The molecule has 9 heteroatoms. The van der Waals surface area contributed by atoms with Gasteiger partial charge in [0.2, 0.25) is 12.4 Å². The van der Waals surface area contributed by atoms with Gasteiger partial charge in [-0.2, -0.15) is 0 Å². The van der Waals surface area contributed by atoms with Gasteiger partial charge in [0.05, 0.1) is 12.7 Å². The van der Waals surface area contributed by atoms with Gasteiger partial charge < -0.3 is 20.3 Å². The van der Waals surface area contributed by atoms with Crippen molar-refractivity contribution in [2.24, 2.45) is 0 Å². The summed E-state index contributed by atoms with van der Waals surface area (Å²) in [4.78, 5) is 21.2. The summed E-state index contributed by atoms with van der Waals surface area (Å²) in [7, 11) is 0. The Hall–Kier alpha value is -1.71. The van der Waals surface area contributed by atoms with Crippen LogP contribution in [0.5, 0.6) is 0 Å². The number of amides is 3. The van der Waals surface area contributed by atoms with E-state index in [2.05, 4.69) is 5.32 Å². The zero-order valence-corrected chi connectivity index (χ0v) is 8.84. The first-order valence-electron chi connectivity index (χ1n) is 4.87. The number of nitrogens with one attached hydrogen (secondary N) is 4. The van der Waals surface area contributed by atoms with Crippen LogP contribution in [-0.2, 0) is 9.53 Å². The second kappa shape index (κ2) is 6.13. The number of urea groups is 1. The molecule has 0 aromatic heterocycles. The van der Waals surface area contributed by atoms with E-state index < -0.39 is 30.4 Å². The summed E-state index contributed by atoms with van der Waals surface area (Å²) >= 11 is 0. The van der Waals surface area contributed by atoms with Gasteiger partial charge in [0.15, 0.2) is 0 Å². The number of carbonyl (C=O) groups excluding carboxylic acids is 2. The Morgan fingerprint density at radius 1 is 1.41 bits per heavy atom. The van der Waals surface area contributed by atoms with Crippen LogP contribution in [0.4, 0.5) is 4.79 Å². The maximum absolute atomic E-state index is 11.2. The Balaban J connectivity index is 2.31. The van der Waals surface area contributed by atoms with Gasteiger partial charge in [-0.05, 0) is 0 Å². The molecule has 96 valence electrons. The Kier molecular flexibility index (Phi) is 4.82. The van der Waals surface area contributed by atoms with Crippen LogP contribution < -0.4 is 16.0 Å². The third-order valence-corrected chi connectivity index (χ3v) is 2.10. The monoisotopic (exact) mass is 246 g/mol. The molecule has 1 aliphatic rings. The van der Waals surface area contributed by atoms with Gasteiger partial charge in [-0.1, -0.05) is 0 Å². The second-order valence-electron chi connectivity index (χ2n) is 3.43. The fourth-order valence-corrected chi connectivity index (χ4v) is 1.26. The van der Waals surface area contributed by atoms with E-state index in [9.17, 15) is 14.7 Å². The molecule has 3 atom stereocenters. The van der Waals surface area contributed by atoms with Crippen molar-refractivity contribution in [1.82, 2.24) is 16.0 Å². The fraction of sp³-hybridized carbons (Fsp3) is 0.625. The lowest BCUT2D eigenvalue weighted by Gasteiger charge is -2.30. The maximum Gasteiger partial charge on any atom is 0.323 e. The largest absolute Gasteiger partial charge is 0.390 e. The number of aliphatic hydroxyl groups excluding tert-OH is 2. The topological polar surface area (TPSA) is 144 Å². The highest BCUT2D eigenvalue weighted by Crippen LogP contribution is 2.12. The Morgan fingerprint density at radius 2 is 2.12 bits per heavy atom. The third kappa shape index (κ3) is 4.34. The molecule has 1 fully saturated rings. The molecule has 0 bridgehead atoms. The van der Waals surface area contributed by atoms with Gasteiger partial charge in [-0.3, -0.25) is 20.8 Å². The standard InChI is InChI=1S/C8H14N4O5/c9-7(10-3-13)12-8(16)11-6-1-4(14)5(15)2-17-6/h3-6,14-15H,1-2H2,(H4,9,10,11,12,13,16)/t4-,5+,6+/m0/s1. The van der Waals surface area contributed by atoms with Gasteiger partial charge >= 0.3 is 6.03 Å². The number of ether oxygens (including phenoxy) is 1. The van der Waals surface area contributed by atoms with Crippen molar-refractivity contribution in [2.45, 2.75) is 24.9 Å². The van der Waals surface area contributed by atoms with Gasteiger partial charge in [0.1, 0.15) is 12.3 Å². The van der Waals surface area contributed by atoms with E-state index in [-0.39, 0.29) is 19.4 Å². The molecule has 0 aliphatic carbocycles. The molecule has 6 N–H and O–H groups in total. The van der Waals surface area contributed by atoms with Crippen molar-refractivity contribution in [3.8, 4) is 0 Å². The SMILES string of the molecule is N=C(NC=O)NC(=O)N[C@H]1C[C@H](O)[C@H](O)CO1. The lowest BCUT2D eigenvalue weighted by molar-refractivity contribution is -0.125. The number of hydrogen-bond acceptors (Lipinski definition) is 6. The number of rotatable bonds is 2. The minimum absolute atomic E-state index is 0.0447. The highest BCUT2D eigenvalue weighted by Gasteiger charge is 2.29. The van der Waals surface area contributed by atoms with Crippen molar-refractivity contribution >= 4 is 18.4 Å². The van der Waals surface area contributed by atoms with Gasteiger partial charge in [-0.25, -0.2) is 4.79 Å². The summed E-state index contributed by atoms with van der Waals surface area (Å²) in [5.74, 6) is -0.478. The fourth-order valence-electron chi connectivity index (χ4n) is 1.26. The predicted octanol–water partition coefficient (Wildman–Crippen LogP) is -2.57. The van der Waals surface area contributed by atoms with E-state index in [0.29, 0.717) is 0 Å². The lowest BCUT2D eigenvalue weighted by atomic mass is 10.1. The summed E-state index contributed by atoms with van der Waals surface area (Å²) in [6.07, 6.45) is -2.40. The van der Waals surface area contributed by atoms with Crippen molar-refractivity contribution in [3.05, 3.63) is 0 Å². The first-order chi connectivity index (χ1) is 8.02. The number of aliphatic hydroxyl groups is 2.